The fraction of sp³-hybridized carbons (Fsp3) is 0.400. The number of carbonyl (C=O) groups excluding carboxylic acids is 2. The molecule has 0 spiro atoms. The van der Waals surface area contributed by atoms with E-state index in [-0.39, 0.29) is 23.8 Å². The van der Waals surface area contributed by atoms with E-state index in [0.29, 0.717) is 23.7 Å². The lowest BCUT2D eigenvalue weighted by molar-refractivity contribution is -0.129. The summed E-state index contributed by atoms with van der Waals surface area (Å²) in [5.41, 5.74) is 3.25. The van der Waals surface area contributed by atoms with Crippen LogP contribution in [0.5, 0.6) is 5.75 Å². The van der Waals surface area contributed by atoms with Crippen LogP contribution in [0.3, 0.4) is 0 Å². The van der Waals surface area contributed by atoms with E-state index in [1.54, 1.807) is 11.3 Å². The van der Waals surface area contributed by atoms with Crippen molar-refractivity contribution in [1.82, 2.24) is 10.6 Å². The first-order chi connectivity index (χ1) is 12.8. The van der Waals surface area contributed by atoms with E-state index in [1.807, 2.05) is 25.3 Å². The monoisotopic (exact) mass is 406 g/mol. The molecule has 27 heavy (non-hydrogen) atoms. The molecular formula is C20H23ClN2O3S. The first-order valence-corrected chi connectivity index (χ1v) is 10.2. The zero-order valence-electron chi connectivity index (χ0n) is 15.5. The number of hydrogen-bond acceptors (Lipinski definition) is 4. The van der Waals surface area contributed by atoms with Crippen LogP contribution < -0.4 is 15.4 Å². The fourth-order valence-corrected chi connectivity index (χ4v) is 4.12. The zero-order valence-corrected chi connectivity index (χ0v) is 17.1. The summed E-state index contributed by atoms with van der Waals surface area (Å²) >= 11 is 8.06. The molecule has 1 aromatic heterocycles. The molecule has 0 radical (unpaired) electrons. The number of ether oxygens (including phenoxy) is 1. The van der Waals surface area contributed by atoms with Crippen molar-refractivity contribution in [3.63, 3.8) is 0 Å². The van der Waals surface area contributed by atoms with Crippen molar-refractivity contribution in [1.29, 1.82) is 0 Å². The summed E-state index contributed by atoms with van der Waals surface area (Å²) in [6, 6.07) is 5.51. The molecule has 0 bridgehead atoms. The number of amides is 2. The maximum Gasteiger partial charge on any atom is 0.242 e. The summed E-state index contributed by atoms with van der Waals surface area (Å²) in [6.07, 6.45) is 0.504. The molecule has 144 valence electrons. The van der Waals surface area contributed by atoms with E-state index in [2.05, 4.69) is 28.1 Å². The molecule has 1 aliphatic rings. The summed E-state index contributed by atoms with van der Waals surface area (Å²) < 4.78 is 5.95. The minimum absolute atomic E-state index is 0.00166. The molecule has 2 aromatic rings. The molecule has 0 saturated carbocycles. The third kappa shape index (κ3) is 4.62. The minimum atomic E-state index is -0.556. The Morgan fingerprint density at radius 1 is 1.33 bits per heavy atom. The smallest absolute Gasteiger partial charge is 0.242 e. The summed E-state index contributed by atoms with van der Waals surface area (Å²) in [7, 11) is 0. The van der Waals surface area contributed by atoms with Gasteiger partial charge in [0.05, 0.1) is 11.6 Å². The Kier molecular flexibility index (Phi) is 6.07. The van der Waals surface area contributed by atoms with E-state index >= 15 is 0 Å². The predicted molar refractivity (Wildman–Crippen MR) is 108 cm³/mol. The second-order valence-electron chi connectivity index (χ2n) is 7.07. The highest BCUT2D eigenvalue weighted by molar-refractivity contribution is 7.08. The van der Waals surface area contributed by atoms with Gasteiger partial charge in [0.2, 0.25) is 11.8 Å². The second kappa shape index (κ2) is 8.31. The van der Waals surface area contributed by atoms with E-state index in [1.165, 1.54) is 6.92 Å². The third-order valence-electron chi connectivity index (χ3n) is 4.52. The number of rotatable bonds is 6. The van der Waals surface area contributed by atoms with Crippen LogP contribution in [0.2, 0.25) is 5.02 Å². The molecule has 2 amide bonds. The average Bonchev–Trinajstić information content (AvgIpc) is 3.26. The van der Waals surface area contributed by atoms with E-state index < -0.39 is 6.04 Å². The molecule has 7 heteroatoms. The number of nitrogens with one attached hydrogen (secondary N) is 2. The van der Waals surface area contributed by atoms with Gasteiger partial charge in [-0.25, -0.2) is 0 Å². The SMILES string of the molecule is CC(=O)NC(C(=O)NCC1Cc2cc(-c3ccsc3)cc(Cl)c2O1)C(C)C. The van der Waals surface area contributed by atoms with Crippen LogP contribution in [-0.2, 0) is 16.0 Å². The minimum Gasteiger partial charge on any atom is -0.486 e. The number of hydrogen-bond donors (Lipinski definition) is 2. The van der Waals surface area contributed by atoms with Crippen molar-refractivity contribution in [2.75, 3.05) is 6.54 Å². The van der Waals surface area contributed by atoms with Gasteiger partial charge in [-0.3, -0.25) is 9.59 Å². The standard InChI is InChI=1S/C20H23ClN2O3S/c1-11(2)18(23-12(3)24)20(25)22-9-16-7-15-6-14(13-4-5-27-10-13)8-17(21)19(15)26-16/h4-6,8,10-11,16,18H,7,9H2,1-3H3,(H,22,25)(H,23,24). The van der Waals surface area contributed by atoms with Crippen molar-refractivity contribution in [3.8, 4) is 16.9 Å². The Bertz CT molecular complexity index is 836. The van der Waals surface area contributed by atoms with E-state index in [4.69, 9.17) is 16.3 Å². The summed E-state index contributed by atoms with van der Waals surface area (Å²) in [6.45, 7) is 5.56. The van der Waals surface area contributed by atoms with Gasteiger partial charge in [-0.1, -0.05) is 25.4 Å². The molecule has 0 saturated heterocycles. The van der Waals surface area contributed by atoms with Crippen LogP contribution in [0, 0.1) is 5.92 Å². The molecule has 1 aromatic carbocycles. The Morgan fingerprint density at radius 3 is 2.74 bits per heavy atom. The lowest BCUT2D eigenvalue weighted by Gasteiger charge is -2.22. The van der Waals surface area contributed by atoms with Crippen molar-refractivity contribution in [2.24, 2.45) is 5.92 Å². The van der Waals surface area contributed by atoms with Gasteiger partial charge in [0.15, 0.2) is 0 Å². The highest BCUT2D eigenvalue weighted by atomic mass is 35.5. The Labute approximate surface area is 168 Å². The lowest BCUT2D eigenvalue weighted by Crippen LogP contribution is -2.50. The van der Waals surface area contributed by atoms with Gasteiger partial charge in [0, 0.05) is 18.9 Å². The molecule has 2 N–H and O–H groups in total. The van der Waals surface area contributed by atoms with Crippen LogP contribution in [0.15, 0.2) is 29.0 Å². The van der Waals surface area contributed by atoms with Gasteiger partial charge >= 0.3 is 0 Å². The second-order valence-corrected chi connectivity index (χ2v) is 8.26. The Morgan fingerprint density at radius 2 is 2.11 bits per heavy atom. The highest BCUT2D eigenvalue weighted by Gasteiger charge is 2.28. The lowest BCUT2D eigenvalue weighted by atomic mass is 10.0. The number of carbonyl (C=O) groups is 2. The number of halogens is 1. The maximum atomic E-state index is 12.4. The van der Waals surface area contributed by atoms with Crippen LogP contribution in [-0.4, -0.2) is 30.5 Å². The molecule has 2 heterocycles. The largest absolute Gasteiger partial charge is 0.486 e. The molecule has 5 nitrogen and oxygen atoms in total. The number of benzene rings is 1. The number of fused-ring (bicyclic) bond motifs is 1. The van der Waals surface area contributed by atoms with Crippen molar-refractivity contribution in [3.05, 3.63) is 39.5 Å². The van der Waals surface area contributed by atoms with Gasteiger partial charge < -0.3 is 15.4 Å². The van der Waals surface area contributed by atoms with Crippen molar-refractivity contribution < 1.29 is 14.3 Å². The van der Waals surface area contributed by atoms with Gasteiger partial charge in [-0.2, -0.15) is 11.3 Å². The molecule has 1 aliphatic heterocycles. The Balaban J connectivity index is 1.64. The zero-order chi connectivity index (χ0) is 19.6. The number of thiophene rings is 1. The summed E-state index contributed by atoms with van der Waals surface area (Å²) in [5, 5.41) is 10.3. The molecule has 2 atom stereocenters. The molecule has 0 fully saturated rings. The maximum absolute atomic E-state index is 12.4. The summed E-state index contributed by atoms with van der Waals surface area (Å²) in [5.74, 6) is 0.265. The van der Waals surface area contributed by atoms with Gasteiger partial charge in [0.1, 0.15) is 17.9 Å². The highest BCUT2D eigenvalue weighted by Crippen LogP contribution is 2.39. The molecular weight excluding hydrogens is 384 g/mol. The van der Waals surface area contributed by atoms with E-state index in [0.717, 1.165) is 16.7 Å². The quantitative estimate of drug-likeness (QED) is 0.769. The van der Waals surface area contributed by atoms with Crippen molar-refractivity contribution >= 4 is 34.8 Å². The van der Waals surface area contributed by atoms with Crippen LogP contribution >= 0.6 is 22.9 Å². The fourth-order valence-electron chi connectivity index (χ4n) is 3.18. The molecule has 3 rings (SSSR count). The summed E-state index contributed by atoms with van der Waals surface area (Å²) in [4.78, 5) is 23.7. The Hall–Kier alpha value is -2.05. The van der Waals surface area contributed by atoms with Crippen LogP contribution in [0.4, 0.5) is 0 Å². The van der Waals surface area contributed by atoms with Crippen molar-refractivity contribution in [2.45, 2.75) is 39.3 Å². The molecule has 2 unspecified atom stereocenters. The van der Waals surface area contributed by atoms with Gasteiger partial charge in [-0.05, 0) is 46.0 Å². The predicted octanol–water partition coefficient (Wildman–Crippen LogP) is 3.65. The molecule has 0 aliphatic carbocycles. The normalized spacial score (nSPS) is 16.6. The van der Waals surface area contributed by atoms with E-state index in [9.17, 15) is 9.59 Å². The first-order valence-electron chi connectivity index (χ1n) is 8.91. The van der Waals surface area contributed by atoms with Gasteiger partial charge in [-0.15, -0.1) is 0 Å². The first kappa shape index (κ1) is 19.7. The van der Waals surface area contributed by atoms with Crippen LogP contribution in [0.1, 0.15) is 26.3 Å². The topological polar surface area (TPSA) is 67.4 Å². The average molecular weight is 407 g/mol. The van der Waals surface area contributed by atoms with Gasteiger partial charge in [0.25, 0.3) is 0 Å². The van der Waals surface area contributed by atoms with Crippen LogP contribution in [0.25, 0.3) is 11.1 Å². The third-order valence-corrected chi connectivity index (χ3v) is 5.48.